The fourth-order valence-corrected chi connectivity index (χ4v) is 3.69. The van der Waals surface area contributed by atoms with Crippen LogP contribution >= 0.6 is 0 Å². The quantitative estimate of drug-likeness (QED) is 0.652. The largest absolute Gasteiger partial charge is 0.330 e. The van der Waals surface area contributed by atoms with Crippen molar-refractivity contribution in [3.05, 3.63) is 59.6 Å². The first-order chi connectivity index (χ1) is 14.5. The summed E-state index contributed by atoms with van der Waals surface area (Å²) < 4.78 is 1.72. The van der Waals surface area contributed by atoms with Gasteiger partial charge in [-0.3, -0.25) is 14.5 Å². The Kier molecular flexibility index (Phi) is 5.51. The van der Waals surface area contributed by atoms with Crippen molar-refractivity contribution in [2.45, 2.75) is 32.7 Å². The van der Waals surface area contributed by atoms with Gasteiger partial charge in [0.05, 0.1) is 11.7 Å². The molecule has 3 aromatic rings. The number of aryl methyl sites for hydroxylation is 3. The average Bonchev–Trinajstić information content (AvgIpc) is 3.35. The van der Waals surface area contributed by atoms with Gasteiger partial charge in [-0.25, -0.2) is 15.0 Å². The molecule has 0 saturated carbocycles. The Morgan fingerprint density at radius 3 is 2.67 bits per heavy atom. The minimum atomic E-state index is -0.157. The van der Waals surface area contributed by atoms with Crippen LogP contribution in [0.4, 0.5) is 11.8 Å². The van der Waals surface area contributed by atoms with E-state index in [1.807, 2.05) is 37.9 Å². The molecule has 1 amide bonds. The maximum atomic E-state index is 12.9. The number of nitrogens with one attached hydrogen (secondary N) is 1. The first kappa shape index (κ1) is 19.7. The number of nitrogens with zero attached hydrogens (tertiary/aromatic N) is 7. The van der Waals surface area contributed by atoms with E-state index in [2.05, 4.69) is 30.4 Å². The van der Waals surface area contributed by atoms with Crippen LogP contribution in [0.25, 0.3) is 6.08 Å². The van der Waals surface area contributed by atoms with Crippen molar-refractivity contribution in [3.63, 3.8) is 0 Å². The Morgan fingerprint density at radius 1 is 1.17 bits per heavy atom. The Morgan fingerprint density at radius 2 is 1.93 bits per heavy atom. The van der Waals surface area contributed by atoms with Gasteiger partial charge in [0.2, 0.25) is 11.9 Å². The zero-order valence-electron chi connectivity index (χ0n) is 17.3. The van der Waals surface area contributed by atoms with Gasteiger partial charge in [0.15, 0.2) is 5.82 Å². The van der Waals surface area contributed by atoms with Gasteiger partial charge in [-0.1, -0.05) is 0 Å². The van der Waals surface area contributed by atoms with Crippen LogP contribution in [0.3, 0.4) is 0 Å². The molecular formula is C21H24N8O. The van der Waals surface area contributed by atoms with E-state index in [-0.39, 0.29) is 11.9 Å². The molecular weight excluding hydrogens is 380 g/mol. The standard InChI is InChI=1S/C21H24N8O/c1-14-13-15(2)26-21(25-14)27-20-19(22-10-11-23-20)17-5-4-12-29(17)18(30)7-6-16-8-9-24-28(16)3/h6-11,13,17H,4-5,12H2,1-3H3,(H,23,25,26,27)/b7-6+. The molecule has 3 aromatic heterocycles. The maximum Gasteiger partial charge on any atom is 0.247 e. The second-order valence-corrected chi connectivity index (χ2v) is 7.29. The summed E-state index contributed by atoms with van der Waals surface area (Å²) in [6.07, 6.45) is 10.1. The predicted molar refractivity (Wildman–Crippen MR) is 113 cm³/mol. The number of rotatable bonds is 5. The van der Waals surface area contributed by atoms with E-state index >= 15 is 0 Å². The van der Waals surface area contributed by atoms with E-state index in [1.54, 1.807) is 35.4 Å². The second kappa shape index (κ2) is 8.40. The van der Waals surface area contributed by atoms with Crippen LogP contribution in [0.5, 0.6) is 0 Å². The summed E-state index contributed by atoms with van der Waals surface area (Å²) in [5.74, 6) is 0.988. The first-order valence-electron chi connectivity index (χ1n) is 9.88. The van der Waals surface area contributed by atoms with E-state index in [1.165, 1.54) is 0 Å². The normalized spacial score (nSPS) is 16.4. The van der Waals surface area contributed by atoms with Crippen molar-refractivity contribution >= 4 is 23.7 Å². The molecule has 0 radical (unpaired) electrons. The molecule has 1 unspecified atom stereocenters. The van der Waals surface area contributed by atoms with Crippen molar-refractivity contribution in [2.75, 3.05) is 11.9 Å². The van der Waals surface area contributed by atoms with Crippen molar-refractivity contribution in [2.24, 2.45) is 7.05 Å². The molecule has 0 spiro atoms. The molecule has 0 bridgehead atoms. The van der Waals surface area contributed by atoms with Crippen molar-refractivity contribution in [3.8, 4) is 0 Å². The highest BCUT2D eigenvalue weighted by atomic mass is 16.2. The molecule has 1 atom stereocenters. The number of hydrogen-bond donors (Lipinski definition) is 1. The molecule has 1 fully saturated rings. The molecule has 1 N–H and O–H groups in total. The van der Waals surface area contributed by atoms with E-state index in [4.69, 9.17) is 0 Å². The van der Waals surface area contributed by atoms with Gasteiger partial charge in [0.1, 0.15) is 5.69 Å². The fourth-order valence-electron chi connectivity index (χ4n) is 3.69. The molecule has 30 heavy (non-hydrogen) atoms. The predicted octanol–water partition coefficient (Wildman–Crippen LogP) is 2.74. The Labute approximate surface area is 174 Å². The van der Waals surface area contributed by atoms with E-state index in [0.29, 0.717) is 18.3 Å². The van der Waals surface area contributed by atoms with Crippen LogP contribution in [0.2, 0.25) is 0 Å². The number of hydrogen-bond acceptors (Lipinski definition) is 7. The lowest BCUT2D eigenvalue weighted by Crippen LogP contribution is -2.30. The highest BCUT2D eigenvalue weighted by Crippen LogP contribution is 2.34. The fraction of sp³-hybridized carbons (Fsp3) is 0.333. The molecule has 1 aliphatic rings. The molecule has 9 heteroatoms. The van der Waals surface area contributed by atoms with Gasteiger partial charge < -0.3 is 10.2 Å². The molecule has 4 heterocycles. The van der Waals surface area contributed by atoms with E-state index in [9.17, 15) is 4.79 Å². The molecule has 9 nitrogen and oxygen atoms in total. The number of likely N-dealkylation sites (tertiary alicyclic amines) is 1. The van der Waals surface area contributed by atoms with Crippen LogP contribution < -0.4 is 5.32 Å². The monoisotopic (exact) mass is 404 g/mol. The highest BCUT2D eigenvalue weighted by molar-refractivity contribution is 5.92. The lowest BCUT2D eigenvalue weighted by Gasteiger charge is -2.24. The zero-order valence-corrected chi connectivity index (χ0v) is 17.3. The number of carbonyl (C=O) groups is 1. The van der Waals surface area contributed by atoms with E-state index in [0.717, 1.165) is 35.6 Å². The van der Waals surface area contributed by atoms with Crippen LogP contribution in [-0.4, -0.2) is 47.1 Å². The summed E-state index contributed by atoms with van der Waals surface area (Å²) in [7, 11) is 1.84. The first-order valence-corrected chi connectivity index (χ1v) is 9.88. The Hall–Kier alpha value is -3.62. The summed E-state index contributed by atoms with van der Waals surface area (Å²) >= 11 is 0. The zero-order chi connectivity index (χ0) is 21.1. The third-order valence-electron chi connectivity index (χ3n) is 5.05. The van der Waals surface area contributed by atoms with Gasteiger partial charge in [-0.15, -0.1) is 0 Å². The minimum absolute atomic E-state index is 0.0575. The van der Waals surface area contributed by atoms with Crippen molar-refractivity contribution in [1.29, 1.82) is 0 Å². The van der Waals surface area contributed by atoms with Crippen molar-refractivity contribution in [1.82, 2.24) is 34.6 Å². The maximum absolute atomic E-state index is 12.9. The number of amides is 1. The smallest absolute Gasteiger partial charge is 0.247 e. The summed E-state index contributed by atoms with van der Waals surface area (Å²) in [6.45, 7) is 4.52. The lowest BCUT2D eigenvalue weighted by atomic mass is 10.1. The summed E-state index contributed by atoms with van der Waals surface area (Å²) in [4.78, 5) is 32.6. The topological polar surface area (TPSA) is 102 Å². The third kappa shape index (κ3) is 4.19. The SMILES string of the molecule is Cc1cc(C)nc(Nc2nccnc2C2CCCN2C(=O)/C=C/c2ccnn2C)n1. The highest BCUT2D eigenvalue weighted by Gasteiger charge is 2.32. The van der Waals surface area contributed by atoms with Gasteiger partial charge in [-0.05, 0) is 44.9 Å². The van der Waals surface area contributed by atoms with Gasteiger partial charge in [0.25, 0.3) is 0 Å². The van der Waals surface area contributed by atoms with Crippen LogP contribution in [0.15, 0.2) is 36.8 Å². The summed E-state index contributed by atoms with van der Waals surface area (Å²) in [5, 5.41) is 7.31. The van der Waals surface area contributed by atoms with Gasteiger partial charge >= 0.3 is 0 Å². The van der Waals surface area contributed by atoms with Gasteiger partial charge in [-0.2, -0.15) is 5.10 Å². The van der Waals surface area contributed by atoms with Gasteiger partial charge in [0, 0.05) is 49.6 Å². The number of anilines is 2. The molecule has 154 valence electrons. The Balaban J connectivity index is 1.57. The average molecular weight is 404 g/mol. The third-order valence-corrected chi connectivity index (χ3v) is 5.05. The molecule has 0 aliphatic carbocycles. The van der Waals surface area contributed by atoms with Crippen LogP contribution in [0.1, 0.15) is 41.7 Å². The number of aromatic nitrogens is 6. The molecule has 1 saturated heterocycles. The van der Waals surface area contributed by atoms with Crippen LogP contribution in [0, 0.1) is 13.8 Å². The molecule has 0 aromatic carbocycles. The Bertz CT molecular complexity index is 1070. The van der Waals surface area contributed by atoms with Crippen molar-refractivity contribution < 1.29 is 4.79 Å². The molecule has 1 aliphatic heterocycles. The minimum Gasteiger partial charge on any atom is -0.330 e. The summed E-state index contributed by atoms with van der Waals surface area (Å²) in [5.41, 5.74) is 3.33. The lowest BCUT2D eigenvalue weighted by molar-refractivity contribution is -0.126. The second-order valence-electron chi connectivity index (χ2n) is 7.29. The van der Waals surface area contributed by atoms with E-state index < -0.39 is 0 Å². The number of carbonyl (C=O) groups excluding carboxylic acids is 1. The van der Waals surface area contributed by atoms with Crippen LogP contribution in [-0.2, 0) is 11.8 Å². The molecule has 4 rings (SSSR count). The summed E-state index contributed by atoms with van der Waals surface area (Å²) in [6, 6.07) is 3.62.